The molecule has 0 radical (unpaired) electrons. The summed E-state index contributed by atoms with van der Waals surface area (Å²) in [6.07, 6.45) is 0.787. The van der Waals surface area contributed by atoms with Gasteiger partial charge in [0.25, 0.3) is 5.91 Å². The Balaban J connectivity index is 0.00000210. The number of hydrogen-bond acceptors (Lipinski definition) is 4. The minimum absolute atomic E-state index is 0. The molecule has 1 aliphatic rings. The number of carbonyl (C=O) groups is 1. The fourth-order valence-corrected chi connectivity index (χ4v) is 3.48. The van der Waals surface area contributed by atoms with Gasteiger partial charge >= 0.3 is 0 Å². The van der Waals surface area contributed by atoms with Gasteiger partial charge in [-0.15, -0.1) is 12.4 Å². The summed E-state index contributed by atoms with van der Waals surface area (Å²) in [6.45, 7) is 2.90. The number of hydrogen-bond donors (Lipinski definition) is 1. The standard InChI is InChI=1S/C21H20N2O3.ClH/c1-13-18(24)16-8-5-9-17(21(25)23-11-10-15(22)12-23)20(16)26-19(13)14-6-3-2-4-7-14;/h2-9,15H,10-12,22H2,1H3;1H/t15-;/m0./s1. The maximum Gasteiger partial charge on any atom is 0.257 e. The van der Waals surface area contributed by atoms with Crippen LogP contribution in [0.2, 0.25) is 0 Å². The molecule has 3 aromatic rings. The van der Waals surface area contributed by atoms with E-state index in [9.17, 15) is 9.59 Å². The Hall–Kier alpha value is -2.63. The molecule has 2 N–H and O–H groups in total. The Bertz CT molecular complexity index is 1050. The van der Waals surface area contributed by atoms with Crippen LogP contribution < -0.4 is 11.2 Å². The molecular formula is C21H21ClN2O3. The zero-order chi connectivity index (χ0) is 18.3. The van der Waals surface area contributed by atoms with Gasteiger partial charge in [-0.05, 0) is 25.5 Å². The van der Waals surface area contributed by atoms with E-state index in [2.05, 4.69) is 0 Å². The van der Waals surface area contributed by atoms with E-state index < -0.39 is 0 Å². The molecule has 1 aliphatic heterocycles. The molecule has 0 aliphatic carbocycles. The van der Waals surface area contributed by atoms with Crippen molar-refractivity contribution in [3.63, 3.8) is 0 Å². The van der Waals surface area contributed by atoms with Crippen LogP contribution in [0.3, 0.4) is 0 Å². The Morgan fingerprint density at radius 1 is 1.15 bits per heavy atom. The molecule has 1 saturated heterocycles. The molecule has 0 bridgehead atoms. The van der Waals surface area contributed by atoms with Gasteiger partial charge in [-0.2, -0.15) is 0 Å². The van der Waals surface area contributed by atoms with Gasteiger partial charge < -0.3 is 15.1 Å². The van der Waals surface area contributed by atoms with Gasteiger partial charge in [0.05, 0.1) is 10.9 Å². The summed E-state index contributed by atoms with van der Waals surface area (Å²) in [7, 11) is 0. The van der Waals surface area contributed by atoms with Crippen molar-refractivity contribution in [1.82, 2.24) is 4.90 Å². The molecule has 2 heterocycles. The summed E-state index contributed by atoms with van der Waals surface area (Å²) < 4.78 is 6.12. The maximum atomic E-state index is 13.0. The molecule has 6 heteroatoms. The summed E-state index contributed by atoms with van der Waals surface area (Å²) in [4.78, 5) is 27.5. The summed E-state index contributed by atoms with van der Waals surface area (Å²) in [5, 5.41) is 0.427. The number of likely N-dealkylation sites (tertiary alicyclic amines) is 1. The Morgan fingerprint density at radius 3 is 2.56 bits per heavy atom. The largest absolute Gasteiger partial charge is 0.455 e. The van der Waals surface area contributed by atoms with E-state index in [-0.39, 0.29) is 29.8 Å². The average Bonchev–Trinajstić information content (AvgIpc) is 3.10. The highest BCUT2D eigenvalue weighted by Gasteiger charge is 2.27. The molecule has 1 aromatic heterocycles. The van der Waals surface area contributed by atoms with Crippen molar-refractivity contribution < 1.29 is 9.21 Å². The number of halogens is 1. The quantitative estimate of drug-likeness (QED) is 0.735. The highest BCUT2D eigenvalue weighted by Crippen LogP contribution is 2.28. The van der Waals surface area contributed by atoms with Crippen molar-refractivity contribution in [3.05, 3.63) is 69.9 Å². The topological polar surface area (TPSA) is 76.5 Å². The van der Waals surface area contributed by atoms with E-state index in [0.717, 1.165) is 12.0 Å². The molecule has 1 amide bonds. The van der Waals surface area contributed by atoms with Crippen LogP contribution in [0.5, 0.6) is 0 Å². The first-order valence-corrected chi connectivity index (χ1v) is 8.73. The molecule has 2 aromatic carbocycles. The second-order valence-electron chi connectivity index (χ2n) is 6.73. The predicted octanol–water partition coefficient (Wildman–Crippen LogP) is 3.36. The van der Waals surface area contributed by atoms with E-state index in [0.29, 0.717) is 40.9 Å². The lowest BCUT2D eigenvalue weighted by Gasteiger charge is -2.17. The molecule has 27 heavy (non-hydrogen) atoms. The molecular weight excluding hydrogens is 364 g/mol. The Labute approximate surface area is 163 Å². The SMILES string of the molecule is Cc1c(-c2ccccc2)oc2c(C(=O)N3CC[C@H](N)C3)cccc2c1=O.Cl. The zero-order valence-electron chi connectivity index (χ0n) is 15.0. The number of amides is 1. The van der Waals surface area contributed by atoms with Crippen molar-refractivity contribution in [2.24, 2.45) is 5.73 Å². The molecule has 1 fully saturated rings. The van der Waals surface area contributed by atoms with Gasteiger partial charge in [0.1, 0.15) is 5.76 Å². The lowest BCUT2D eigenvalue weighted by molar-refractivity contribution is 0.0791. The molecule has 140 valence electrons. The highest BCUT2D eigenvalue weighted by atomic mass is 35.5. The third kappa shape index (κ3) is 3.36. The average molecular weight is 385 g/mol. The van der Waals surface area contributed by atoms with Crippen LogP contribution in [0.15, 0.2) is 57.7 Å². The first-order valence-electron chi connectivity index (χ1n) is 8.73. The molecule has 4 rings (SSSR count). The van der Waals surface area contributed by atoms with Gasteiger partial charge in [0, 0.05) is 30.3 Å². The zero-order valence-corrected chi connectivity index (χ0v) is 15.8. The maximum absolute atomic E-state index is 13.0. The van der Waals surface area contributed by atoms with Crippen LogP contribution in [0.25, 0.3) is 22.3 Å². The smallest absolute Gasteiger partial charge is 0.257 e. The number of benzene rings is 2. The Kier molecular flexibility index (Phi) is 5.35. The number of nitrogens with zero attached hydrogens (tertiary/aromatic N) is 1. The first kappa shape index (κ1) is 19.1. The van der Waals surface area contributed by atoms with Crippen molar-refractivity contribution in [3.8, 4) is 11.3 Å². The van der Waals surface area contributed by atoms with Crippen LogP contribution in [0, 0.1) is 6.92 Å². The van der Waals surface area contributed by atoms with Gasteiger partial charge in [-0.3, -0.25) is 9.59 Å². The fourth-order valence-electron chi connectivity index (χ4n) is 3.48. The summed E-state index contributed by atoms with van der Waals surface area (Å²) in [6, 6.07) is 14.6. The molecule has 0 unspecified atom stereocenters. The predicted molar refractivity (Wildman–Crippen MR) is 108 cm³/mol. The van der Waals surface area contributed by atoms with Crippen molar-refractivity contribution >= 4 is 29.3 Å². The van der Waals surface area contributed by atoms with Gasteiger partial charge in [-0.25, -0.2) is 0 Å². The normalized spacial score (nSPS) is 16.4. The van der Waals surface area contributed by atoms with Gasteiger partial charge in [-0.1, -0.05) is 36.4 Å². The molecule has 0 spiro atoms. The third-order valence-corrected chi connectivity index (χ3v) is 4.92. The van der Waals surface area contributed by atoms with Crippen LogP contribution in [-0.2, 0) is 0 Å². The number of rotatable bonds is 2. The highest BCUT2D eigenvalue weighted by molar-refractivity contribution is 6.05. The summed E-state index contributed by atoms with van der Waals surface area (Å²) >= 11 is 0. The monoisotopic (exact) mass is 384 g/mol. The van der Waals surface area contributed by atoms with Gasteiger partial charge in [0.15, 0.2) is 11.0 Å². The molecule has 5 nitrogen and oxygen atoms in total. The van der Waals surface area contributed by atoms with E-state index in [1.165, 1.54) is 0 Å². The molecule has 0 saturated carbocycles. The summed E-state index contributed by atoms with van der Waals surface area (Å²) in [5.41, 5.74) is 7.92. The second kappa shape index (κ2) is 7.55. The lowest BCUT2D eigenvalue weighted by atomic mass is 10.0. The van der Waals surface area contributed by atoms with E-state index in [1.807, 2.05) is 30.3 Å². The van der Waals surface area contributed by atoms with Crippen molar-refractivity contribution in [2.75, 3.05) is 13.1 Å². The van der Waals surface area contributed by atoms with Crippen LogP contribution >= 0.6 is 12.4 Å². The number of fused-ring (bicyclic) bond motifs is 1. The number of nitrogens with two attached hydrogens (primary N) is 1. The second-order valence-corrected chi connectivity index (χ2v) is 6.73. The fraction of sp³-hybridized carbons (Fsp3) is 0.238. The van der Waals surface area contributed by atoms with Crippen molar-refractivity contribution in [2.45, 2.75) is 19.4 Å². The minimum atomic E-state index is -0.144. The first-order chi connectivity index (χ1) is 12.6. The summed E-state index contributed by atoms with van der Waals surface area (Å²) in [5.74, 6) is 0.357. The van der Waals surface area contributed by atoms with Crippen LogP contribution in [0.1, 0.15) is 22.3 Å². The van der Waals surface area contributed by atoms with Crippen LogP contribution in [-0.4, -0.2) is 29.9 Å². The van der Waals surface area contributed by atoms with E-state index in [1.54, 1.807) is 30.0 Å². The number of para-hydroxylation sites is 1. The van der Waals surface area contributed by atoms with E-state index in [4.69, 9.17) is 10.2 Å². The molecule has 1 atom stereocenters. The van der Waals surface area contributed by atoms with Crippen LogP contribution in [0.4, 0.5) is 0 Å². The van der Waals surface area contributed by atoms with Crippen molar-refractivity contribution in [1.29, 1.82) is 0 Å². The number of carbonyl (C=O) groups excluding carboxylic acids is 1. The Morgan fingerprint density at radius 2 is 1.89 bits per heavy atom. The lowest BCUT2D eigenvalue weighted by Crippen LogP contribution is -2.32. The van der Waals surface area contributed by atoms with E-state index >= 15 is 0 Å². The minimum Gasteiger partial charge on any atom is -0.455 e. The van der Waals surface area contributed by atoms with Gasteiger partial charge in [0.2, 0.25) is 0 Å². The third-order valence-electron chi connectivity index (χ3n) is 4.92.